The Kier molecular flexibility index (Phi) is 4.49. The van der Waals surface area contributed by atoms with E-state index < -0.39 is 5.97 Å². The molecule has 1 atom stereocenters. The second-order valence-electron chi connectivity index (χ2n) is 4.20. The number of nitrogens with zero attached hydrogens (tertiary/aromatic N) is 3. The highest BCUT2D eigenvalue weighted by molar-refractivity contribution is 5.69. The molecule has 0 radical (unpaired) electrons. The average molecular weight is 225 g/mol. The second kappa shape index (κ2) is 5.65. The van der Waals surface area contributed by atoms with Gasteiger partial charge in [-0.2, -0.15) is 5.10 Å². The molecule has 1 N–H and O–H groups in total. The summed E-state index contributed by atoms with van der Waals surface area (Å²) in [5.74, 6) is -1.07. The van der Waals surface area contributed by atoms with Crippen LogP contribution in [0.3, 0.4) is 0 Å². The molecule has 0 amide bonds. The number of aliphatic carboxylic acids is 1. The van der Waals surface area contributed by atoms with Crippen molar-refractivity contribution < 1.29 is 9.90 Å². The lowest BCUT2D eigenvalue weighted by molar-refractivity contribution is -0.141. The molecule has 1 rings (SSSR count). The third-order valence-corrected chi connectivity index (χ3v) is 2.68. The Hall–Kier alpha value is -1.36. The molecule has 0 saturated carbocycles. The van der Waals surface area contributed by atoms with Gasteiger partial charge in [-0.1, -0.05) is 6.92 Å². The van der Waals surface area contributed by atoms with E-state index in [1.165, 1.54) is 0 Å². The Bertz CT molecular complexity index is 349. The number of rotatable bonds is 6. The Labute approximate surface area is 95.7 Å². The number of carboxylic acids is 1. The van der Waals surface area contributed by atoms with Crippen LogP contribution in [0.5, 0.6) is 0 Å². The fourth-order valence-electron chi connectivity index (χ4n) is 1.59. The van der Waals surface area contributed by atoms with Gasteiger partial charge in [0.05, 0.1) is 5.92 Å². The zero-order valence-electron chi connectivity index (χ0n) is 10.1. The van der Waals surface area contributed by atoms with E-state index in [0.717, 1.165) is 18.7 Å². The minimum absolute atomic E-state index is 0.323. The standard InChI is InChI=1S/C11H19N3O2/c1-9(11(15)16)8-13(2)7-5-10-4-6-12-14(10)3/h4,6,9H,5,7-8H2,1-3H3,(H,15,16). The van der Waals surface area contributed by atoms with Gasteiger partial charge >= 0.3 is 5.97 Å². The van der Waals surface area contributed by atoms with E-state index in [1.54, 1.807) is 13.1 Å². The van der Waals surface area contributed by atoms with Crippen molar-refractivity contribution in [1.82, 2.24) is 14.7 Å². The first-order valence-electron chi connectivity index (χ1n) is 5.39. The van der Waals surface area contributed by atoms with Crippen LogP contribution in [0.2, 0.25) is 0 Å². The summed E-state index contributed by atoms with van der Waals surface area (Å²) in [6, 6.07) is 1.98. The fourth-order valence-corrected chi connectivity index (χ4v) is 1.59. The number of likely N-dealkylation sites (N-methyl/N-ethyl adjacent to an activating group) is 1. The second-order valence-corrected chi connectivity index (χ2v) is 4.20. The van der Waals surface area contributed by atoms with Crippen LogP contribution in [0.25, 0.3) is 0 Å². The molecule has 0 aromatic carbocycles. The van der Waals surface area contributed by atoms with E-state index in [2.05, 4.69) is 5.10 Å². The SMILES string of the molecule is CC(CN(C)CCc1ccnn1C)C(=O)O. The van der Waals surface area contributed by atoms with Crippen LogP contribution in [0, 0.1) is 5.92 Å². The zero-order chi connectivity index (χ0) is 12.1. The zero-order valence-corrected chi connectivity index (χ0v) is 10.1. The summed E-state index contributed by atoms with van der Waals surface area (Å²) in [5, 5.41) is 12.9. The maximum absolute atomic E-state index is 10.7. The fraction of sp³-hybridized carbons (Fsp3) is 0.636. The van der Waals surface area contributed by atoms with Crippen molar-refractivity contribution >= 4 is 5.97 Å². The van der Waals surface area contributed by atoms with Gasteiger partial charge in [0, 0.05) is 38.4 Å². The van der Waals surface area contributed by atoms with Gasteiger partial charge in [-0.3, -0.25) is 9.48 Å². The predicted octanol–water partition coefficient (Wildman–Crippen LogP) is 0.615. The Balaban J connectivity index is 2.33. The molecule has 0 fully saturated rings. The number of aryl methyl sites for hydroxylation is 1. The van der Waals surface area contributed by atoms with Gasteiger partial charge in [0.25, 0.3) is 0 Å². The third kappa shape index (κ3) is 3.66. The number of hydrogen-bond donors (Lipinski definition) is 1. The van der Waals surface area contributed by atoms with Crippen LogP contribution < -0.4 is 0 Å². The lowest BCUT2D eigenvalue weighted by atomic mass is 10.1. The Morgan fingerprint density at radius 3 is 2.88 bits per heavy atom. The summed E-state index contributed by atoms with van der Waals surface area (Å²) < 4.78 is 1.84. The monoisotopic (exact) mass is 225 g/mol. The van der Waals surface area contributed by atoms with Gasteiger partial charge in [-0.15, -0.1) is 0 Å². The topological polar surface area (TPSA) is 58.4 Å². The van der Waals surface area contributed by atoms with Gasteiger partial charge in [-0.05, 0) is 13.1 Å². The van der Waals surface area contributed by atoms with Gasteiger partial charge in [0.15, 0.2) is 0 Å². The third-order valence-electron chi connectivity index (χ3n) is 2.68. The predicted molar refractivity (Wildman–Crippen MR) is 61.2 cm³/mol. The van der Waals surface area contributed by atoms with E-state index >= 15 is 0 Å². The molecule has 0 aliphatic rings. The van der Waals surface area contributed by atoms with Gasteiger partial charge in [-0.25, -0.2) is 0 Å². The van der Waals surface area contributed by atoms with Crippen LogP contribution in [-0.2, 0) is 18.3 Å². The highest BCUT2D eigenvalue weighted by Crippen LogP contribution is 2.02. The molecular weight excluding hydrogens is 206 g/mol. The minimum atomic E-state index is -0.743. The molecule has 0 aliphatic carbocycles. The molecule has 0 spiro atoms. The molecule has 0 bridgehead atoms. The lowest BCUT2D eigenvalue weighted by Crippen LogP contribution is -2.30. The van der Waals surface area contributed by atoms with Crippen LogP contribution >= 0.6 is 0 Å². The number of carboxylic acid groups (broad SMARTS) is 1. The first-order valence-corrected chi connectivity index (χ1v) is 5.39. The van der Waals surface area contributed by atoms with Crippen LogP contribution in [0.4, 0.5) is 0 Å². The van der Waals surface area contributed by atoms with Crippen molar-refractivity contribution in [2.45, 2.75) is 13.3 Å². The van der Waals surface area contributed by atoms with Crippen LogP contribution in [0.15, 0.2) is 12.3 Å². The maximum Gasteiger partial charge on any atom is 0.307 e. The molecule has 16 heavy (non-hydrogen) atoms. The quantitative estimate of drug-likeness (QED) is 0.771. The lowest BCUT2D eigenvalue weighted by Gasteiger charge is -2.18. The van der Waals surface area contributed by atoms with E-state index in [0.29, 0.717) is 6.54 Å². The van der Waals surface area contributed by atoms with Crippen molar-refractivity contribution in [3.63, 3.8) is 0 Å². The Morgan fingerprint density at radius 2 is 2.38 bits per heavy atom. The number of carbonyl (C=O) groups is 1. The average Bonchev–Trinajstić information content (AvgIpc) is 2.61. The molecule has 1 heterocycles. The largest absolute Gasteiger partial charge is 0.481 e. The maximum atomic E-state index is 10.7. The van der Waals surface area contributed by atoms with E-state index in [1.807, 2.05) is 29.7 Å². The first-order chi connectivity index (χ1) is 7.50. The molecule has 0 aliphatic heterocycles. The summed E-state index contributed by atoms with van der Waals surface area (Å²) >= 11 is 0. The Morgan fingerprint density at radius 1 is 1.69 bits per heavy atom. The normalized spacial score (nSPS) is 13.0. The van der Waals surface area contributed by atoms with Gasteiger partial charge in [0.1, 0.15) is 0 Å². The van der Waals surface area contributed by atoms with E-state index in [4.69, 9.17) is 5.11 Å². The highest BCUT2D eigenvalue weighted by atomic mass is 16.4. The van der Waals surface area contributed by atoms with Gasteiger partial charge in [0.2, 0.25) is 0 Å². The summed E-state index contributed by atoms with van der Waals surface area (Å²) in [4.78, 5) is 12.7. The molecule has 1 aromatic heterocycles. The summed E-state index contributed by atoms with van der Waals surface area (Å²) in [6.07, 6.45) is 2.66. The molecule has 0 saturated heterocycles. The molecular formula is C11H19N3O2. The molecule has 5 nitrogen and oxygen atoms in total. The van der Waals surface area contributed by atoms with Crippen molar-refractivity contribution in [3.05, 3.63) is 18.0 Å². The van der Waals surface area contributed by atoms with Crippen molar-refractivity contribution in [1.29, 1.82) is 0 Å². The first kappa shape index (κ1) is 12.7. The minimum Gasteiger partial charge on any atom is -0.481 e. The van der Waals surface area contributed by atoms with E-state index in [-0.39, 0.29) is 5.92 Å². The number of aromatic nitrogens is 2. The molecule has 5 heteroatoms. The summed E-state index contributed by atoms with van der Waals surface area (Å²) in [6.45, 7) is 3.15. The van der Waals surface area contributed by atoms with Crippen molar-refractivity contribution in [2.24, 2.45) is 13.0 Å². The summed E-state index contributed by atoms with van der Waals surface area (Å²) in [5.41, 5.74) is 1.16. The van der Waals surface area contributed by atoms with Gasteiger partial charge < -0.3 is 10.0 Å². The highest BCUT2D eigenvalue weighted by Gasteiger charge is 2.13. The van der Waals surface area contributed by atoms with Crippen molar-refractivity contribution in [2.75, 3.05) is 20.1 Å². The smallest absolute Gasteiger partial charge is 0.307 e. The molecule has 1 aromatic rings. The van der Waals surface area contributed by atoms with Crippen LogP contribution in [-0.4, -0.2) is 45.9 Å². The van der Waals surface area contributed by atoms with Crippen molar-refractivity contribution in [3.8, 4) is 0 Å². The molecule has 1 unspecified atom stereocenters. The number of hydrogen-bond acceptors (Lipinski definition) is 3. The summed E-state index contributed by atoms with van der Waals surface area (Å²) in [7, 11) is 3.85. The van der Waals surface area contributed by atoms with E-state index in [9.17, 15) is 4.79 Å². The molecule has 90 valence electrons. The van der Waals surface area contributed by atoms with Crippen LogP contribution in [0.1, 0.15) is 12.6 Å².